The van der Waals surface area contributed by atoms with Gasteiger partial charge in [-0.1, -0.05) is 13.3 Å². The third-order valence-electron chi connectivity index (χ3n) is 2.16. The van der Waals surface area contributed by atoms with Gasteiger partial charge in [-0.25, -0.2) is 8.96 Å². The van der Waals surface area contributed by atoms with Crippen molar-refractivity contribution in [3.8, 4) is 6.07 Å². The van der Waals surface area contributed by atoms with Crippen LogP contribution in [0.25, 0.3) is 0 Å². The van der Waals surface area contributed by atoms with Gasteiger partial charge in [-0.15, -0.1) is 0 Å². The van der Waals surface area contributed by atoms with E-state index in [4.69, 9.17) is 5.26 Å². The fourth-order valence-electron chi connectivity index (χ4n) is 1.34. The highest BCUT2D eigenvalue weighted by atomic mass is 79.9. The van der Waals surface area contributed by atoms with Gasteiger partial charge in [-0.2, -0.15) is 18.0 Å². The summed E-state index contributed by atoms with van der Waals surface area (Å²) in [5.74, 6) is -0.131. The molecule has 0 aliphatic rings. The lowest BCUT2D eigenvalue weighted by molar-refractivity contribution is 0.507. The number of hydrogen-bond donors (Lipinski definition) is 0. The van der Waals surface area contributed by atoms with E-state index in [0.717, 1.165) is 14.7 Å². The summed E-state index contributed by atoms with van der Waals surface area (Å²) in [6, 6.07) is 1.79. The number of nitrogens with zero attached hydrogens (tertiary/aromatic N) is 4. The van der Waals surface area contributed by atoms with Crippen LogP contribution in [0.4, 0.5) is 0 Å². The summed E-state index contributed by atoms with van der Waals surface area (Å²) in [4.78, 5) is 3.91. The van der Waals surface area contributed by atoms with Crippen LogP contribution in [-0.4, -0.2) is 35.8 Å². The standard InChI is InChI=1S/C9H13BrN4O2S/c1-4-5-7-9(10)12-8(6-11)14(7)17(15,16)13(2)3/h4-5H2,1-3H3. The second kappa shape index (κ2) is 5.16. The predicted octanol–water partition coefficient (Wildman–Crippen LogP) is 1.12. The highest BCUT2D eigenvalue weighted by Crippen LogP contribution is 2.22. The molecule has 1 heterocycles. The average Bonchev–Trinajstić information content (AvgIpc) is 2.56. The Balaban J connectivity index is 3.56. The molecule has 1 aromatic rings. The monoisotopic (exact) mass is 320 g/mol. The second-order valence-electron chi connectivity index (χ2n) is 3.59. The maximum Gasteiger partial charge on any atom is 0.309 e. The number of aromatic nitrogens is 2. The van der Waals surface area contributed by atoms with Crippen LogP contribution in [0.15, 0.2) is 4.60 Å². The van der Waals surface area contributed by atoms with Crippen LogP contribution in [0.5, 0.6) is 0 Å². The molecule has 94 valence electrons. The Bertz CT molecular complexity index is 556. The van der Waals surface area contributed by atoms with Crippen LogP contribution >= 0.6 is 15.9 Å². The van der Waals surface area contributed by atoms with Gasteiger partial charge in [0.2, 0.25) is 5.82 Å². The van der Waals surface area contributed by atoms with E-state index in [1.807, 2.05) is 6.92 Å². The molecule has 0 aliphatic carbocycles. The van der Waals surface area contributed by atoms with Crippen molar-refractivity contribution in [3.05, 3.63) is 16.1 Å². The van der Waals surface area contributed by atoms with E-state index in [0.29, 0.717) is 16.7 Å². The summed E-state index contributed by atoms with van der Waals surface area (Å²) >= 11 is 3.19. The van der Waals surface area contributed by atoms with Crippen molar-refractivity contribution in [2.75, 3.05) is 14.1 Å². The maximum absolute atomic E-state index is 12.1. The van der Waals surface area contributed by atoms with E-state index in [-0.39, 0.29) is 5.82 Å². The van der Waals surface area contributed by atoms with Crippen LogP contribution in [0.1, 0.15) is 24.9 Å². The Labute approximate surface area is 109 Å². The van der Waals surface area contributed by atoms with Crippen LogP contribution in [0.2, 0.25) is 0 Å². The first-order chi connectivity index (χ1) is 7.86. The van der Waals surface area contributed by atoms with Gasteiger partial charge in [0.05, 0.1) is 5.69 Å². The van der Waals surface area contributed by atoms with E-state index < -0.39 is 10.2 Å². The van der Waals surface area contributed by atoms with Gasteiger partial charge >= 0.3 is 10.2 Å². The molecule has 0 radical (unpaired) electrons. The molecule has 0 fully saturated rings. The van der Waals surface area contributed by atoms with Gasteiger partial charge in [0.1, 0.15) is 10.7 Å². The summed E-state index contributed by atoms with van der Waals surface area (Å²) in [6.07, 6.45) is 1.29. The fraction of sp³-hybridized carbons (Fsp3) is 0.556. The summed E-state index contributed by atoms with van der Waals surface area (Å²) in [5.41, 5.74) is 0.498. The molecule has 17 heavy (non-hydrogen) atoms. The molecule has 0 atom stereocenters. The van der Waals surface area contributed by atoms with Crippen molar-refractivity contribution in [1.29, 1.82) is 5.26 Å². The van der Waals surface area contributed by atoms with Crippen molar-refractivity contribution >= 4 is 26.1 Å². The van der Waals surface area contributed by atoms with Gasteiger partial charge in [0.25, 0.3) is 0 Å². The van der Waals surface area contributed by atoms with Crippen molar-refractivity contribution < 1.29 is 8.42 Å². The Morgan fingerprint density at radius 3 is 2.53 bits per heavy atom. The molecule has 0 saturated heterocycles. The van der Waals surface area contributed by atoms with Gasteiger partial charge in [-0.05, 0) is 22.4 Å². The molecule has 0 bridgehead atoms. The second-order valence-corrected chi connectivity index (χ2v) is 6.33. The molecule has 1 rings (SSSR count). The zero-order chi connectivity index (χ0) is 13.2. The zero-order valence-electron chi connectivity index (χ0n) is 9.81. The quantitative estimate of drug-likeness (QED) is 0.832. The van der Waals surface area contributed by atoms with Crippen LogP contribution in [0, 0.1) is 11.3 Å². The lowest BCUT2D eigenvalue weighted by atomic mass is 10.3. The van der Waals surface area contributed by atoms with Gasteiger partial charge in [0, 0.05) is 14.1 Å². The first kappa shape index (κ1) is 14.2. The minimum absolute atomic E-state index is 0.131. The van der Waals surface area contributed by atoms with Crippen LogP contribution in [0.3, 0.4) is 0 Å². The summed E-state index contributed by atoms with van der Waals surface area (Å²) < 4.78 is 26.6. The average molecular weight is 321 g/mol. The van der Waals surface area contributed by atoms with Crippen molar-refractivity contribution in [1.82, 2.24) is 13.3 Å². The molecule has 6 nitrogen and oxygen atoms in total. The fourth-order valence-corrected chi connectivity index (χ4v) is 3.08. The third kappa shape index (κ3) is 2.51. The number of imidazole rings is 1. The van der Waals surface area contributed by atoms with E-state index >= 15 is 0 Å². The lowest BCUT2D eigenvalue weighted by Gasteiger charge is -2.15. The first-order valence-corrected chi connectivity index (χ1v) is 7.15. The number of hydrogen-bond acceptors (Lipinski definition) is 4. The molecule has 0 spiro atoms. The molecule has 0 N–H and O–H groups in total. The molecule has 1 aromatic heterocycles. The van der Waals surface area contributed by atoms with Gasteiger partial charge < -0.3 is 0 Å². The van der Waals surface area contributed by atoms with E-state index in [1.54, 1.807) is 6.07 Å². The SMILES string of the molecule is CCCc1c(Br)nc(C#N)n1S(=O)(=O)N(C)C. The largest absolute Gasteiger partial charge is 0.309 e. The van der Waals surface area contributed by atoms with Crippen molar-refractivity contribution in [3.63, 3.8) is 0 Å². The van der Waals surface area contributed by atoms with E-state index in [9.17, 15) is 8.42 Å². The summed E-state index contributed by atoms with van der Waals surface area (Å²) in [7, 11) is -0.883. The van der Waals surface area contributed by atoms with E-state index in [1.165, 1.54) is 14.1 Å². The predicted molar refractivity (Wildman–Crippen MR) is 66.6 cm³/mol. The Kier molecular flexibility index (Phi) is 4.30. The minimum Gasteiger partial charge on any atom is -0.211 e. The minimum atomic E-state index is -3.72. The summed E-state index contributed by atoms with van der Waals surface area (Å²) in [5, 5.41) is 8.93. The highest BCUT2D eigenvalue weighted by Gasteiger charge is 2.26. The zero-order valence-corrected chi connectivity index (χ0v) is 12.2. The summed E-state index contributed by atoms with van der Waals surface area (Å²) in [6.45, 7) is 1.93. The Morgan fingerprint density at radius 1 is 1.53 bits per heavy atom. The number of nitriles is 1. The normalized spacial score (nSPS) is 11.8. The molecule has 0 aliphatic heterocycles. The molecule has 0 amide bonds. The number of rotatable bonds is 4. The molecular weight excluding hydrogens is 308 g/mol. The maximum atomic E-state index is 12.1. The molecular formula is C9H13BrN4O2S. The molecule has 0 saturated carbocycles. The third-order valence-corrected chi connectivity index (χ3v) is 4.57. The highest BCUT2D eigenvalue weighted by molar-refractivity contribution is 9.10. The van der Waals surface area contributed by atoms with Crippen molar-refractivity contribution in [2.24, 2.45) is 0 Å². The first-order valence-electron chi connectivity index (χ1n) is 4.96. The lowest BCUT2D eigenvalue weighted by Crippen LogP contribution is -2.31. The van der Waals surface area contributed by atoms with Gasteiger partial charge in [0.15, 0.2) is 0 Å². The Hall–Kier alpha value is -0.910. The number of halogens is 1. The molecule has 0 unspecified atom stereocenters. The van der Waals surface area contributed by atoms with E-state index in [2.05, 4.69) is 20.9 Å². The van der Waals surface area contributed by atoms with Crippen LogP contribution < -0.4 is 0 Å². The van der Waals surface area contributed by atoms with Crippen molar-refractivity contribution in [2.45, 2.75) is 19.8 Å². The molecule has 8 heteroatoms. The Morgan fingerprint density at radius 2 is 2.12 bits per heavy atom. The smallest absolute Gasteiger partial charge is 0.211 e. The molecule has 0 aromatic carbocycles. The topological polar surface area (TPSA) is 79.0 Å². The van der Waals surface area contributed by atoms with Crippen LogP contribution in [-0.2, 0) is 16.6 Å². The van der Waals surface area contributed by atoms with Gasteiger partial charge in [-0.3, -0.25) is 0 Å².